The predicted octanol–water partition coefficient (Wildman–Crippen LogP) is 3.24. The van der Waals surface area contributed by atoms with Gasteiger partial charge in [0.05, 0.1) is 31.0 Å². The second-order valence-corrected chi connectivity index (χ2v) is 9.83. The number of epoxide rings is 2. The van der Waals surface area contributed by atoms with Crippen LogP contribution in [0.5, 0.6) is 0 Å². The molecule has 182 valence electrons. The third kappa shape index (κ3) is 12.9. The summed E-state index contributed by atoms with van der Waals surface area (Å²) in [5, 5.41) is 9.44. The molecule has 2 aliphatic rings. The fourth-order valence-corrected chi connectivity index (χ4v) is 4.11. The van der Waals surface area contributed by atoms with Crippen LogP contribution in [-0.2, 0) is 28.1 Å². The Labute approximate surface area is 185 Å². The molecule has 0 aromatic heterocycles. The van der Waals surface area contributed by atoms with Gasteiger partial charge >= 0.3 is 13.8 Å². The highest BCUT2D eigenvalue weighted by atomic mass is 31.2. The molecule has 0 spiro atoms. The summed E-state index contributed by atoms with van der Waals surface area (Å²) in [6, 6.07) is 0. The summed E-state index contributed by atoms with van der Waals surface area (Å²) in [4.78, 5) is 28.7. The number of hydrogen-bond acceptors (Lipinski definition) is 7. The van der Waals surface area contributed by atoms with E-state index in [1.165, 1.54) is 25.7 Å². The van der Waals surface area contributed by atoms with Crippen LogP contribution in [0.15, 0.2) is 0 Å². The molecule has 0 amide bonds. The van der Waals surface area contributed by atoms with Crippen LogP contribution in [0.3, 0.4) is 0 Å². The van der Waals surface area contributed by atoms with E-state index in [4.69, 9.17) is 24.0 Å². The first-order valence-corrected chi connectivity index (χ1v) is 13.2. The molecule has 0 aromatic rings. The van der Waals surface area contributed by atoms with Gasteiger partial charge in [0.1, 0.15) is 12.7 Å². The Morgan fingerprint density at radius 1 is 0.903 bits per heavy atom. The van der Waals surface area contributed by atoms with Gasteiger partial charge in [-0.1, -0.05) is 51.9 Å². The Bertz CT molecular complexity index is 567. The fourth-order valence-electron chi connectivity index (χ4n) is 3.74. The van der Waals surface area contributed by atoms with E-state index < -0.39 is 26.5 Å². The molecule has 0 radical (unpaired) electrons. The molecule has 0 saturated carbocycles. The summed E-state index contributed by atoms with van der Waals surface area (Å²) in [5.74, 6) is -0.431. The minimum absolute atomic E-state index is 0.265. The molecule has 2 saturated heterocycles. The zero-order valence-electron chi connectivity index (χ0n) is 18.5. The van der Waals surface area contributed by atoms with Crippen LogP contribution in [0.1, 0.15) is 84.0 Å². The predicted molar refractivity (Wildman–Crippen MR) is 113 cm³/mol. The van der Waals surface area contributed by atoms with Crippen molar-refractivity contribution in [2.24, 2.45) is 0 Å². The molecule has 3 N–H and O–H groups in total. The zero-order valence-corrected chi connectivity index (χ0v) is 19.4. The second-order valence-electron chi connectivity index (χ2n) is 8.59. The first kappa shape index (κ1) is 26.7. The van der Waals surface area contributed by atoms with Crippen molar-refractivity contribution < 1.29 is 43.0 Å². The summed E-state index contributed by atoms with van der Waals surface area (Å²) >= 11 is 0. The van der Waals surface area contributed by atoms with Gasteiger partial charge in [-0.15, -0.1) is 0 Å². The van der Waals surface area contributed by atoms with Crippen molar-refractivity contribution in [3.8, 4) is 0 Å². The molecule has 5 atom stereocenters. The highest BCUT2D eigenvalue weighted by Gasteiger charge is 2.47. The molecular formula is C21H39O9P. The quantitative estimate of drug-likeness (QED) is 0.113. The molecule has 0 aromatic carbocycles. The molecule has 0 aliphatic carbocycles. The van der Waals surface area contributed by atoms with Crippen LogP contribution in [-0.4, -0.2) is 64.6 Å². The number of esters is 1. The Hall–Kier alpha value is -0.540. The van der Waals surface area contributed by atoms with Crippen molar-refractivity contribution >= 4 is 13.8 Å². The van der Waals surface area contributed by atoms with Crippen molar-refractivity contribution in [3.63, 3.8) is 0 Å². The number of hydrogen-bond donors (Lipinski definition) is 3. The Morgan fingerprint density at radius 3 is 2.10 bits per heavy atom. The van der Waals surface area contributed by atoms with Gasteiger partial charge in [0, 0.05) is 12.8 Å². The number of carbonyl (C=O) groups excluding carboxylic acids is 1. The third-order valence-corrected chi connectivity index (χ3v) is 6.16. The van der Waals surface area contributed by atoms with Crippen LogP contribution < -0.4 is 0 Å². The number of phosphoric acid groups is 1. The fraction of sp³-hybridized carbons (Fsp3) is 0.952. The molecule has 2 aliphatic heterocycles. The lowest BCUT2D eigenvalue weighted by molar-refractivity contribution is -0.147. The van der Waals surface area contributed by atoms with E-state index in [9.17, 15) is 14.5 Å². The summed E-state index contributed by atoms with van der Waals surface area (Å²) < 4.78 is 31.0. The molecule has 2 rings (SSSR count). The monoisotopic (exact) mass is 466 g/mol. The van der Waals surface area contributed by atoms with Gasteiger partial charge in [-0.25, -0.2) is 4.57 Å². The molecule has 0 bridgehead atoms. The summed E-state index contributed by atoms with van der Waals surface area (Å²) in [6.45, 7) is 1.29. The van der Waals surface area contributed by atoms with E-state index in [1.54, 1.807) is 0 Å². The van der Waals surface area contributed by atoms with E-state index in [-0.39, 0.29) is 13.0 Å². The molecule has 31 heavy (non-hydrogen) atoms. The number of ether oxygens (including phenoxy) is 3. The van der Waals surface area contributed by atoms with Gasteiger partial charge in [-0.3, -0.25) is 9.32 Å². The first-order valence-electron chi connectivity index (χ1n) is 11.6. The molecule has 2 heterocycles. The maximum atomic E-state index is 11.6. The normalized spacial score (nSPS) is 25.9. The Balaban J connectivity index is 1.34. The number of aliphatic hydroxyl groups is 1. The van der Waals surface area contributed by atoms with E-state index in [0.29, 0.717) is 24.4 Å². The maximum absolute atomic E-state index is 11.6. The highest BCUT2D eigenvalue weighted by Crippen LogP contribution is 2.39. The largest absolute Gasteiger partial charge is 0.469 e. The van der Waals surface area contributed by atoms with Gasteiger partial charge in [-0.05, 0) is 19.3 Å². The second kappa shape index (κ2) is 13.9. The first-order chi connectivity index (χ1) is 14.8. The van der Waals surface area contributed by atoms with Gasteiger partial charge in [0.2, 0.25) is 0 Å². The SMILES string of the molecule is CCCCC[C@H]1O[C@H]1C[C@H]1O[C@H]1CCCCCCCC(=O)OC[C@H](O)COP(=O)(O)O. The van der Waals surface area contributed by atoms with Gasteiger partial charge in [-0.2, -0.15) is 0 Å². The van der Waals surface area contributed by atoms with Crippen LogP contribution in [0.25, 0.3) is 0 Å². The summed E-state index contributed by atoms with van der Waals surface area (Å²) in [7, 11) is -4.63. The van der Waals surface area contributed by atoms with Crippen molar-refractivity contribution in [2.45, 2.75) is 114 Å². The van der Waals surface area contributed by atoms with Gasteiger partial charge < -0.3 is 29.1 Å². The molecule has 9 nitrogen and oxygen atoms in total. The van der Waals surface area contributed by atoms with Crippen molar-refractivity contribution in [1.29, 1.82) is 0 Å². The molecular weight excluding hydrogens is 427 g/mol. The zero-order chi connectivity index (χ0) is 22.7. The number of rotatable bonds is 19. The molecule has 10 heteroatoms. The number of carbonyl (C=O) groups is 1. The van der Waals surface area contributed by atoms with Gasteiger partial charge in [0.15, 0.2) is 0 Å². The van der Waals surface area contributed by atoms with E-state index in [0.717, 1.165) is 44.9 Å². The topological polar surface area (TPSA) is 138 Å². The average molecular weight is 467 g/mol. The lowest BCUT2D eigenvalue weighted by Gasteiger charge is -2.12. The van der Waals surface area contributed by atoms with E-state index in [2.05, 4.69) is 11.4 Å². The van der Waals surface area contributed by atoms with E-state index >= 15 is 0 Å². The van der Waals surface area contributed by atoms with Gasteiger partial charge in [0.25, 0.3) is 0 Å². The smallest absolute Gasteiger partial charge is 0.463 e. The lowest BCUT2D eigenvalue weighted by atomic mass is 10.0. The maximum Gasteiger partial charge on any atom is 0.469 e. The van der Waals surface area contributed by atoms with Crippen LogP contribution in [0.4, 0.5) is 0 Å². The third-order valence-electron chi connectivity index (χ3n) is 5.67. The standard InChI is InChI=1S/C21H39O9P/c1-2-3-7-10-17-19(29-17)13-20-18(30-20)11-8-5-4-6-9-12-21(23)27-14-16(22)15-28-31(24,25)26/h16-20,22H,2-15H2,1H3,(H2,24,25,26)/t16-,17+,18-,19-,20+/m0/s1. The highest BCUT2D eigenvalue weighted by molar-refractivity contribution is 7.46. The number of aliphatic hydroxyl groups excluding tert-OH is 1. The summed E-state index contributed by atoms with van der Waals surface area (Å²) in [6.07, 6.45) is 12.8. The Morgan fingerprint density at radius 2 is 1.48 bits per heavy atom. The summed E-state index contributed by atoms with van der Waals surface area (Å²) in [5.41, 5.74) is 0. The van der Waals surface area contributed by atoms with Crippen molar-refractivity contribution in [3.05, 3.63) is 0 Å². The number of unbranched alkanes of at least 4 members (excludes halogenated alkanes) is 6. The molecule has 0 unspecified atom stereocenters. The minimum atomic E-state index is -4.63. The Kier molecular flexibility index (Phi) is 12.0. The number of phosphoric ester groups is 1. The van der Waals surface area contributed by atoms with Crippen LogP contribution in [0.2, 0.25) is 0 Å². The van der Waals surface area contributed by atoms with Crippen molar-refractivity contribution in [2.75, 3.05) is 13.2 Å². The van der Waals surface area contributed by atoms with Crippen LogP contribution >= 0.6 is 7.82 Å². The average Bonchev–Trinajstić information content (AvgIpc) is 3.62. The molecule has 2 fully saturated rings. The van der Waals surface area contributed by atoms with Crippen molar-refractivity contribution in [1.82, 2.24) is 0 Å². The van der Waals surface area contributed by atoms with Crippen LogP contribution in [0, 0.1) is 0 Å². The minimum Gasteiger partial charge on any atom is -0.463 e. The lowest BCUT2D eigenvalue weighted by Crippen LogP contribution is -2.23. The van der Waals surface area contributed by atoms with E-state index in [1.807, 2.05) is 0 Å².